The van der Waals surface area contributed by atoms with Gasteiger partial charge in [-0.2, -0.15) is 0 Å². The van der Waals surface area contributed by atoms with Crippen LogP contribution in [0.1, 0.15) is 5.56 Å². The van der Waals surface area contributed by atoms with Crippen molar-refractivity contribution in [1.29, 1.82) is 0 Å². The molecule has 1 atom stereocenters. The van der Waals surface area contributed by atoms with Gasteiger partial charge < -0.3 is 25.2 Å². The number of para-hydroxylation sites is 2. The van der Waals surface area contributed by atoms with E-state index in [1.165, 1.54) is 31.4 Å². The topological polar surface area (TPSA) is 131 Å². The van der Waals surface area contributed by atoms with Crippen LogP contribution in [0.15, 0.2) is 107 Å². The molecule has 0 heterocycles. The molecular formula is C30H28N2O7S. The predicted octanol–water partition coefficient (Wildman–Crippen LogP) is 5.02. The van der Waals surface area contributed by atoms with Crippen LogP contribution in [0.3, 0.4) is 0 Å². The lowest BCUT2D eigenvalue weighted by Crippen LogP contribution is -2.44. The summed E-state index contributed by atoms with van der Waals surface area (Å²) in [5.41, 5.74) is 2.20. The van der Waals surface area contributed by atoms with Crippen LogP contribution in [0, 0.1) is 0 Å². The van der Waals surface area contributed by atoms with Crippen LogP contribution in [-0.4, -0.2) is 45.8 Å². The molecule has 0 radical (unpaired) electrons. The third-order valence-electron chi connectivity index (χ3n) is 6.18. The molecule has 0 aliphatic heterocycles. The van der Waals surface area contributed by atoms with Crippen LogP contribution in [-0.2, 0) is 21.1 Å². The lowest BCUT2D eigenvalue weighted by atomic mass is 9.98. The first kappa shape index (κ1) is 28.2. The quantitative estimate of drug-likeness (QED) is 0.248. The molecule has 9 nitrogen and oxygen atoms in total. The summed E-state index contributed by atoms with van der Waals surface area (Å²) in [6.07, 6.45) is -0.0464. The first-order valence-electron chi connectivity index (χ1n) is 12.2. The van der Waals surface area contributed by atoms with Crippen LogP contribution in [0.5, 0.6) is 11.5 Å². The van der Waals surface area contributed by atoms with Gasteiger partial charge in [0, 0.05) is 17.5 Å². The molecule has 0 bridgehead atoms. The summed E-state index contributed by atoms with van der Waals surface area (Å²) in [5.74, 6) is -0.0892. The number of carboxylic acid groups (broad SMARTS) is 1. The van der Waals surface area contributed by atoms with Gasteiger partial charge in [-0.05, 0) is 42.0 Å². The molecule has 3 N–H and O–H groups in total. The van der Waals surface area contributed by atoms with E-state index in [0.717, 1.165) is 11.1 Å². The van der Waals surface area contributed by atoms with E-state index >= 15 is 0 Å². The molecule has 0 saturated heterocycles. The van der Waals surface area contributed by atoms with Gasteiger partial charge in [0.05, 0.1) is 29.7 Å². The number of hydrogen-bond acceptors (Lipinski definition) is 6. The number of aliphatic carboxylic acids is 1. The van der Waals surface area contributed by atoms with Crippen molar-refractivity contribution in [2.24, 2.45) is 0 Å². The van der Waals surface area contributed by atoms with E-state index < -0.39 is 27.9 Å². The van der Waals surface area contributed by atoms with Gasteiger partial charge in [-0.25, -0.2) is 18.0 Å². The molecule has 0 aliphatic rings. The van der Waals surface area contributed by atoms with Gasteiger partial charge in [0.1, 0.15) is 17.5 Å². The van der Waals surface area contributed by atoms with Crippen molar-refractivity contribution in [3.8, 4) is 22.6 Å². The highest BCUT2D eigenvalue weighted by atomic mass is 32.2. The van der Waals surface area contributed by atoms with E-state index in [0.29, 0.717) is 17.1 Å². The second kappa shape index (κ2) is 12.4. The number of amides is 2. The zero-order valence-corrected chi connectivity index (χ0v) is 22.6. The molecule has 4 aromatic rings. The molecule has 0 saturated carbocycles. The molecule has 0 aliphatic carbocycles. The number of nitrogens with one attached hydrogen (secondary N) is 2. The minimum absolute atomic E-state index is 0.0239. The Labute approximate surface area is 232 Å². The first-order valence-corrected chi connectivity index (χ1v) is 13.7. The third-order valence-corrected chi connectivity index (χ3v) is 8.01. The van der Waals surface area contributed by atoms with E-state index in [1.54, 1.807) is 55.6 Å². The Bertz CT molecular complexity index is 1620. The fraction of sp³-hybridized carbons (Fsp3) is 0.133. The molecule has 0 aromatic heterocycles. The van der Waals surface area contributed by atoms with Crippen LogP contribution >= 0.6 is 0 Å². The first-order chi connectivity index (χ1) is 19.2. The lowest BCUT2D eigenvalue weighted by Gasteiger charge is -2.18. The Kier molecular flexibility index (Phi) is 8.70. The van der Waals surface area contributed by atoms with Crippen molar-refractivity contribution in [1.82, 2.24) is 5.32 Å². The fourth-order valence-corrected chi connectivity index (χ4v) is 5.67. The molecule has 206 valence electrons. The van der Waals surface area contributed by atoms with E-state index in [-0.39, 0.29) is 21.9 Å². The number of urea groups is 1. The standard InChI is InChI=1S/C30H28N2O7S/c1-38-26-14-8-6-12-22(26)23-17-16-20(19-27(23)39-2)18-25(29(33)34)32-30(35)31-24-13-7-9-15-28(24)40(36,37)21-10-4-3-5-11-21/h3-17,19,25H,18H2,1-2H3,(H,33,34)(H2,31,32,35)/t25-/m0/s1. The Morgan fingerprint density at radius 3 is 2.12 bits per heavy atom. The summed E-state index contributed by atoms with van der Waals surface area (Å²) in [4.78, 5) is 24.8. The number of hydrogen-bond donors (Lipinski definition) is 3. The summed E-state index contributed by atoms with van der Waals surface area (Å²) in [7, 11) is -0.844. The van der Waals surface area contributed by atoms with Crippen molar-refractivity contribution in [2.45, 2.75) is 22.3 Å². The Morgan fingerprint density at radius 2 is 1.43 bits per heavy atom. The van der Waals surface area contributed by atoms with Crippen molar-refractivity contribution in [2.75, 3.05) is 19.5 Å². The minimum atomic E-state index is -3.93. The normalized spacial score (nSPS) is 11.8. The van der Waals surface area contributed by atoms with Crippen LogP contribution < -0.4 is 20.1 Å². The van der Waals surface area contributed by atoms with E-state index in [4.69, 9.17) is 9.47 Å². The van der Waals surface area contributed by atoms with Crippen molar-refractivity contribution in [3.05, 3.63) is 103 Å². The number of carbonyl (C=O) groups excluding carboxylic acids is 1. The summed E-state index contributed by atoms with van der Waals surface area (Å²) < 4.78 is 37.3. The van der Waals surface area contributed by atoms with Gasteiger partial charge in [0.2, 0.25) is 9.84 Å². The van der Waals surface area contributed by atoms with E-state index in [2.05, 4.69) is 10.6 Å². The molecule has 0 spiro atoms. The second-order valence-corrected chi connectivity index (χ2v) is 10.7. The van der Waals surface area contributed by atoms with Crippen LogP contribution in [0.4, 0.5) is 10.5 Å². The Balaban J connectivity index is 1.53. The monoisotopic (exact) mass is 560 g/mol. The molecule has 40 heavy (non-hydrogen) atoms. The maximum atomic E-state index is 13.2. The average molecular weight is 561 g/mol. The number of methoxy groups -OCH3 is 2. The molecule has 2 amide bonds. The lowest BCUT2D eigenvalue weighted by molar-refractivity contribution is -0.139. The van der Waals surface area contributed by atoms with Crippen LogP contribution in [0.2, 0.25) is 0 Å². The van der Waals surface area contributed by atoms with Gasteiger partial charge in [0.15, 0.2) is 0 Å². The number of sulfone groups is 1. The number of rotatable bonds is 10. The Morgan fingerprint density at radius 1 is 0.800 bits per heavy atom. The zero-order valence-electron chi connectivity index (χ0n) is 21.8. The Hall–Kier alpha value is -4.83. The largest absolute Gasteiger partial charge is 0.496 e. The highest BCUT2D eigenvalue weighted by molar-refractivity contribution is 7.91. The number of benzene rings is 4. The minimum Gasteiger partial charge on any atom is -0.496 e. The molecular weight excluding hydrogens is 532 g/mol. The van der Waals surface area contributed by atoms with Crippen molar-refractivity contribution >= 4 is 27.5 Å². The summed E-state index contributed by atoms with van der Waals surface area (Å²) >= 11 is 0. The predicted molar refractivity (Wildman–Crippen MR) is 151 cm³/mol. The SMILES string of the molecule is COc1ccccc1-c1ccc(C[C@H](NC(=O)Nc2ccccc2S(=O)(=O)c2ccccc2)C(=O)O)cc1OC. The number of carbonyl (C=O) groups is 2. The number of ether oxygens (including phenoxy) is 2. The summed E-state index contributed by atoms with van der Waals surface area (Å²) in [5, 5.41) is 14.7. The van der Waals surface area contributed by atoms with Crippen LogP contribution in [0.25, 0.3) is 11.1 Å². The number of anilines is 1. The van der Waals surface area contributed by atoms with Gasteiger partial charge in [0.25, 0.3) is 0 Å². The van der Waals surface area contributed by atoms with Gasteiger partial charge in [-0.15, -0.1) is 0 Å². The molecule has 0 fully saturated rings. The van der Waals surface area contributed by atoms with Crippen molar-refractivity contribution in [3.63, 3.8) is 0 Å². The van der Waals surface area contributed by atoms with Crippen molar-refractivity contribution < 1.29 is 32.6 Å². The molecule has 4 aromatic carbocycles. The fourth-order valence-electron chi connectivity index (χ4n) is 4.24. The maximum absolute atomic E-state index is 13.2. The average Bonchev–Trinajstić information content (AvgIpc) is 2.97. The smallest absolute Gasteiger partial charge is 0.326 e. The van der Waals surface area contributed by atoms with Gasteiger partial charge in [-0.3, -0.25) is 0 Å². The van der Waals surface area contributed by atoms with E-state index in [1.807, 2.05) is 24.3 Å². The molecule has 4 rings (SSSR count). The molecule has 10 heteroatoms. The second-order valence-electron chi connectivity index (χ2n) is 8.74. The van der Waals surface area contributed by atoms with E-state index in [9.17, 15) is 23.1 Å². The highest BCUT2D eigenvalue weighted by Crippen LogP contribution is 2.37. The maximum Gasteiger partial charge on any atom is 0.326 e. The summed E-state index contributed by atoms with van der Waals surface area (Å²) in [6.45, 7) is 0. The zero-order chi connectivity index (χ0) is 28.7. The molecule has 0 unspecified atom stereocenters. The summed E-state index contributed by atoms with van der Waals surface area (Å²) in [6, 6.07) is 24.3. The third kappa shape index (κ3) is 6.24. The number of carboxylic acids is 1. The highest BCUT2D eigenvalue weighted by Gasteiger charge is 2.25. The van der Waals surface area contributed by atoms with Gasteiger partial charge in [-0.1, -0.05) is 60.7 Å². The van der Waals surface area contributed by atoms with Gasteiger partial charge >= 0.3 is 12.0 Å².